The molecule has 1 heterocycles. The predicted octanol–water partition coefficient (Wildman–Crippen LogP) is 4.02. The molecular formula is C19H20BrFN2O4S. The molecule has 150 valence electrons. The molecule has 6 nitrogen and oxygen atoms in total. The fourth-order valence-corrected chi connectivity index (χ4v) is 4.89. The zero-order valence-electron chi connectivity index (χ0n) is 15.2. The van der Waals surface area contributed by atoms with Gasteiger partial charge < -0.3 is 10.1 Å². The number of benzene rings is 2. The van der Waals surface area contributed by atoms with Crippen molar-refractivity contribution in [1.29, 1.82) is 0 Å². The van der Waals surface area contributed by atoms with Crippen LogP contribution in [0.3, 0.4) is 0 Å². The van der Waals surface area contributed by atoms with E-state index in [0.29, 0.717) is 19.7 Å². The zero-order valence-corrected chi connectivity index (χ0v) is 17.6. The van der Waals surface area contributed by atoms with E-state index < -0.39 is 21.7 Å². The van der Waals surface area contributed by atoms with Crippen molar-refractivity contribution in [3.05, 3.63) is 52.3 Å². The highest BCUT2D eigenvalue weighted by Crippen LogP contribution is 2.32. The number of hydrogen-bond donors (Lipinski definition) is 1. The Morgan fingerprint density at radius 1 is 1.21 bits per heavy atom. The van der Waals surface area contributed by atoms with E-state index in [2.05, 4.69) is 21.2 Å². The van der Waals surface area contributed by atoms with Gasteiger partial charge in [-0.2, -0.15) is 4.31 Å². The third-order valence-electron chi connectivity index (χ3n) is 4.37. The summed E-state index contributed by atoms with van der Waals surface area (Å²) in [5, 5.41) is 2.62. The first-order valence-electron chi connectivity index (χ1n) is 8.86. The normalized spacial score (nSPS) is 14.8. The number of anilines is 1. The molecule has 1 amide bonds. The van der Waals surface area contributed by atoms with Crippen molar-refractivity contribution in [2.45, 2.75) is 24.7 Å². The lowest BCUT2D eigenvalue weighted by molar-refractivity contribution is 0.102. The number of carbonyl (C=O) groups excluding carboxylic acids is 1. The second-order valence-electron chi connectivity index (χ2n) is 6.29. The topological polar surface area (TPSA) is 75.7 Å². The molecular weight excluding hydrogens is 451 g/mol. The van der Waals surface area contributed by atoms with Crippen LogP contribution in [0.4, 0.5) is 10.1 Å². The van der Waals surface area contributed by atoms with Crippen molar-refractivity contribution in [1.82, 2.24) is 4.31 Å². The molecule has 28 heavy (non-hydrogen) atoms. The second-order valence-corrected chi connectivity index (χ2v) is 9.05. The molecule has 0 bridgehead atoms. The van der Waals surface area contributed by atoms with Crippen LogP contribution in [0.15, 0.2) is 45.8 Å². The van der Waals surface area contributed by atoms with Crippen molar-refractivity contribution < 1.29 is 22.3 Å². The van der Waals surface area contributed by atoms with Crippen LogP contribution in [0.5, 0.6) is 5.75 Å². The Hall–Kier alpha value is -1.97. The molecule has 1 fully saturated rings. The zero-order chi connectivity index (χ0) is 20.3. The van der Waals surface area contributed by atoms with Crippen LogP contribution in [0.25, 0.3) is 0 Å². The van der Waals surface area contributed by atoms with Gasteiger partial charge in [-0.15, -0.1) is 0 Å². The van der Waals surface area contributed by atoms with Crippen molar-refractivity contribution >= 4 is 37.5 Å². The maximum Gasteiger partial charge on any atom is 0.255 e. The number of ether oxygens (including phenoxy) is 1. The Balaban J connectivity index is 1.92. The fourth-order valence-electron chi connectivity index (χ4n) is 2.97. The lowest BCUT2D eigenvalue weighted by Crippen LogP contribution is -2.28. The number of rotatable bonds is 6. The summed E-state index contributed by atoms with van der Waals surface area (Å²) in [4.78, 5) is 12.4. The van der Waals surface area contributed by atoms with E-state index in [-0.39, 0.29) is 26.4 Å². The molecule has 1 aliphatic heterocycles. The summed E-state index contributed by atoms with van der Waals surface area (Å²) in [6.07, 6.45) is 1.63. The van der Waals surface area contributed by atoms with E-state index >= 15 is 0 Å². The smallest absolute Gasteiger partial charge is 0.255 e. The lowest BCUT2D eigenvalue weighted by atomic mass is 10.2. The van der Waals surface area contributed by atoms with Gasteiger partial charge in [0.05, 0.1) is 11.1 Å². The van der Waals surface area contributed by atoms with E-state index in [1.807, 2.05) is 0 Å². The molecule has 0 unspecified atom stereocenters. The fraction of sp³-hybridized carbons (Fsp3) is 0.316. The van der Waals surface area contributed by atoms with E-state index in [0.717, 1.165) is 18.9 Å². The van der Waals surface area contributed by atoms with Crippen molar-refractivity contribution in [2.24, 2.45) is 0 Å². The first-order chi connectivity index (χ1) is 13.3. The summed E-state index contributed by atoms with van der Waals surface area (Å²) in [6, 6.07) is 8.47. The van der Waals surface area contributed by atoms with Gasteiger partial charge in [0.25, 0.3) is 5.91 Å². The second kappa shape index (κ2) is 8.59. The van der Waals surface area contributed by atoms with Crippen LogP contribution >= 0.6 is 15.9 Å². The molecule has 0 aromatic heterocycles. The maximum absolute atomic E-state index is 13.7. The first-order valence-corrected chi connectivity index (χ1v) is 11.1. The highest BCUT2D eigenvalue weighted by Gasteiger charge is 2.30. The summed E-state index contributed by atoms with van der Waals surface area (Å²) >= 11 is 3.04. The summed E-state index contributed by atoms with van der Waals surface area (Å²) in [7, 11) is -3.74. The molecule has 0 saturated carbocycles. The van der Waals surface area contributed by atoms with Gasteiger partial charge in [0.15, 0.2) is 0 Å². The highest BCUT2D eigenvalue weighted by molar-refractivity contribution is 9.10. The maximum atomic E-state index is 13.7. The molecule has 1 N–H and O–H groups in total. The van der Waals surface area contributed by atoms with Gasteiger partial charge in [0.1, 0.15) is 16.5 Å². The Labute approximate surface area is 171 Å². The first kappa shape index (κ1) is 20.8. The van der Waals surface area contributed by atoms with E-state index in [4.69, 9.17) is 4.74 Å². The van der Waals surface area contributed by atoms with Crippen LogP contribution in [-0.4, -0.2) is 38.3 Å². The number of halogens is 2. The highest BCUT2D eigenvalue weighted by atomic mass is 79.9. The van der Waals surface area contributed by atoms with E-state index in [1.54, 1.807) is 13.0 Å². The average molecular weight is 471 g/mol. The van der Waals surface area contributed by atoms with Gasteiger partial charge in [0, 0.05) is 24.3 Å². The number of nitrogens with zero attached hydrogens (tertiary/aromatic N) is 1. The van der Waals surface area contributed by atoms with Gasteiger partial charge in [-0.3, -0.25) is 4.79 Å². The van der Waals surface area contributed by atoms with E-state index in [1.165, 1.54) is 28.6 Å². The van der Waals surface area contributed by atoms with Crippen molar-refractivity contribution in [3.8, 4) is 5.75 Å². The lowest BCUT2D eigenvalue weighted by Gasteiger charge is -2.19. The third-order valence-corrected chi connectivity index (χ3v) is 6.93. The molecule has 9 heteroatoms. The predicted molar refractivity (Wildman–Crippen MR) is 108 cm³/mol. The molecule has 1 aliphatic rings. The third kappa shape index (κ3) is 4.37. The number of nitrogens with one attached hydrogen (secondary N) is 1. The Bertz CT molecular complexity index is 991. The molecule has 1 saturated heterocycles. The standard InChI is InChI=1S/C19H20BrFN2O4S/c1-2-27-17-8-6-14(12-18(17)28(25,26)23-9-3-4-10-23)22-19(24)13-5-7-15(20)16(21)11-13/h5-8,11-12H,2-4,9-10H2,1H3,(H,22,24). The Kier molecular flexibility index (Phi) is 6.36. The van der Waals surface area contributed by atoms with Crippen LogP contribution in [0.2, 0.25) is 0 Å². The van der Waals surface area contributed by atoms with Gasteiger partial charge in [-0.1, -0.05) is 0 Å². The summed E-state index contributed by atoms with van der Waals surface area (Å²) in [6.45, 7) is 3.00. The molecule has 0 radical (unpaired) electrons. The molecule has 0 atom stereocenters. The van der Waals surface area contributed by atoms with Gasteiger partial charge >= 0.3 is 0 Å². The molecule has 0 spiro atoms. The van der Waals surface area contributed by atoms with Crippen LogP contribution in [-0.2, 0) is 10.0 Å². The van der Waals surface area contributed by atoms with Gasteiger partial charge in [0.2, 0.25) is 10.0 Å². The minimum absolute atomic E-state index is 0.0102. The number of amides is 1. The van der Waals surface area contributed by atoms with Gasteiger partial charge in [-0.25, -0.2) is 12.8 Å². The van der Waals surface area contributed by atoms with E-state index in [9.17, 15) is 17.6 Å². The summed E-state index contributed by atoms with van der Waals surface area (Å²) < 4.78 is 46.8. The van der Waals surface area contributed by atoms with Crippen LogP contribution < -0.4 is 10.1 Å². The molecule has 3 rings (SSSR count). The number of hydrogen-bond acceptors (Lipinski definition) is 4. The number of carbonyl (C=O) groups is 1. The molecule has 0 aliphatic carbocycles. The monoisotopic (exact) mass is 470 g/mol. The Morgan fingerprint density at radius 3 is 2.57 bits per heavy atom. The van der Waals surface area contributed by atoms with Crippen LogP contribution in [0, 0.1) is 5.82 Å². The summed E-state index contributed by atoms with van der Waals surface area (Å²) in [5.74, 6) is -0.862. The average Bonchev–Trinajstić information content (AvgIpc) is 3.21. The summed E-state index contributed by atoms with van der Waals surface area (Å²) in [5.41, 5.74) is 0.410. The quantitative estimate of drug-likeness (QED) is 0.691. The Morgan fingerprint density at radius 2 is 1.93 bits per heavy atom. The largest absolute Gasteiger partial charge is 0.492 e. The number of sulfonamides is 1. The van der Waals surface area contributed by atoms with Crippen LogP contribution in [0.1, 0.15) is 30.1 Å². The van der Waals surface area contributed by atoms with Crippen molar-refractivity contribution in [3.63, 3.8) is 0 Å². The van der Waals surface area contributed by atoms with Crippen molar-refractivity contribution in [2.75, 3.05) is 25.0 Å². The minimum Gasteiger partial charge on any atom is -0.492 e. The molecule has 2 aromatic rings. The minimum atomic E-state index is -3.74. The van der Waals surface area contributed by atoms with Gasteiger partial charge in [-0.05, 0) is 72.1 Å². The molecule has 2 aromatic carbocycles. The SMILES string of the molecule is CCOc1ccc(NC(=O)c2ccc(Br)c(F)c2)cc1S(=O)(=O)N1CCCC1.